The summed E-state index contributed by atoms with van der Waals surface area (Å²) < 4.78 is 1.90. The van der Waals surface area contributed by atoms with Crippen molar-refractivity contribution >= 4 is 0 Å². The van der Waals surface area contributed by atoms with Gasteiger partial charge in [-0.2, -0.15) is 5.10 Å². The Hall–Kier alpha value is -0.830. The molecule has 1 N–H and O–H groups in total. The van der Waals surface area contributed by atoms with Crippen molar-refractivity contribution in [2.75, 3.05) is 6.54 Å². The number of aryl methyl sites for hydroxylation is 1. The van der Waals surface area contributed by atoms with Crippen LogP contribution in [-0.4, -0.2) is 16.3 Å². The van der Waals surface area contributed by atoms with Crippen molar-refractivity contribution in [2.24, 2.45) is 13.0 Å². The Kier molecular flexibility index (Phi) is 4.60. The molecule has 0 radical (unpaired) electrons. The van der Waals surface area contributed by atoms with Gasteiger partial charge in [0.25, 0.3) is 0 Å². The molecule has 3 heteroatoms. The molecule has 0 spiro atoms. The average Bonchev–Trinajstić information content (AvgIpc) is 2.77. The predicted octanol–water partition coefficient (Wildman–Crippen LogP) is 3.04. The number of nitrogens with zero attached hydrogens (tertiary/aromatic N) is 2. The number of aromatic nitrogens is 2. The zero-order chi connectivity index (χ0) is 12.1. The Morgan fingerprint density at radius 3 is 2.76 bits per heavy atom. The minimum absolute atomic E-state index is 0.448. The summed E-state index contributed by atoms with van der Waals surface area (Å²) in [6.07, 6.45) is 10.4. The number of rotatable bonds is 5. The van der Waals surface area contributed by atoms with Gasteiger partial charge < -0.3 is 5.32 Å². The normalized spacial score (nSPS) is 19.4. The van der Waals surface area contributed by atoms with Gasteiger partial charge in [-0.1, -0.05) is 39.0 Å². The van der Waals surface area contributed by atoms with Gasteiger partial charge in [-0.3, -0.25) is 4.68 Å². The van der Waals surface area contributed by atoms with Crippen molar-refractivity contribution in [2.45, 2.75) is 51.5 Å². The van der Waals surface area contributed by atoms with Gasteiger partial charge in [0.15, 0.2) is 0 Å². The fourth-order valence-electron chi connectivity index (χ4n) is 2.93. The molecule has 1 aromatic rings. The van der Waals surface area contributed by atoms with Crippen molar-refractivity contribution in [3.63, 3.8) is 0 Å². The molecule has 1 aliphatic carbocycles. The fraction of sp³-hybridized carbons (Fsp3) is 0.786. The first-order chi connectivity index (χ1) is 8.29. The highest BCUT2D eigenvalue weighted by molar-refractivity contribution is 5.05. The summed E-state index contributed by atoms with van der Waals surface area (Å²) in [5.41, 5.74) is 1.21. The first kappa shape index (κ1) is 12.6. The largest absolute Gasteiger partial charge is 0.309 e. The predicted molar refractivity (Wildman–Crippen MR) is 70.8 cm³/mol. The lowest BCUT2D eigenvalue weighted by Crippen LogP contribution is -2.25. The van der Waals surface area contributed by atoms with E-state index in [1.54, 1.807) is 0 Å². The highest BCUT2D eigenvalue weighted by Gasteiger charge is 2.20. The molecular formula is C14H25N3. The molecule has 2 rings (SSSR count). The van der Waals surface area contributed by atoms with Crippen LogP contribution < -0.4 is 5.32 Å². The Balaban J connectivity index is 1.96. The van der Waals surface area contributed by atoms with Crippen molar-refractivity contribution in [1.82, 2.24) is 15.1 Å². The van der Waals surface area contributed by atoms with Gasteiger partial charge in [0.05, 0.1) is 11.7 Å². The van der Waals surface area contributed by atoms with E-state index in [0.29, 0.717) is 6.04 Å². The van der Waals surface area contributed by atoms with Crippen molar-refractivity contribution in [3.8, 4) is 0 Å². The zero-order valence-electron chi connectivity index (χ0n) is 11.2. The quantitative estimate of drug-likeness (QED) is 0.850. The summed E-state index contributed by atoms with van der Waals surface area (Å²) >= 11 is 0. The Morgan fingerprint density at radius 2 is 2.18 bits per heavy atom. The molecule has 17 heavy (non-hydrogen) atoms. The van der Waals surface area contributed by atoms with E-state index in [0.717, 1.165) is 12.5 Å². The second kappa shape index (κ2) is 6.20. The second-order valence-electron chi connectivity index (χ2n) is 5.26. The Morgan fingerprint density at radius 1 is 1.41 bits per heavy atom. The van der Waals surface area contributed by atoms with Crippen LogP contribution in [0.1, 0.15) is 57.2 Å². The van der Waals surface area contributed by atoms with E-state index >= 15 is 0 Å². The lowest BCUT2D eigenvalue weighted by atomic mass is 9.84. The molecule has 1 atom stereocenters. The first-order valence-corrected chi connectivity index (χ1v) is 7.02. The molecule has 1 fully saturated rings. The third kappa shape index (κ3) is 3.56. The van der Waals surface area contributed by atoms with E-state index in [-0.39, 0.29) is 0 Å². The van der Waals surface area contributed by atoms with Crippen molar-refractivity contribution < 1.29 is 0 Å². The molecule has 0 aromatic carbocycles. The maximum absolute atomic E-state index is 4.55. The summed E-state index contributed by atoms with van der Waals surface area (Å²) in [6.45, 7) is 3.20. The van der Waals surface area contributed by atoms with Crippen LogP contribution in [0.3, 0.4) is 0 Å². The zero-order valence-corrected chi connectivity index (χ0v) is 11.2. The summed E-state index contributed by atoms with van der Waals surface area (Å²) in [6, 6.07) is 2.60. The van der Waals surface area contributed by atoms with E-state index in [9.17, 15) is 0 Å². The van der Waals surface area contributed by atoms with E-state index in [4.69, 9.17) is 0 Å². The maximum atomic E-state index is 4.55. The van der Waals surface area contributed by atoms with Crippen LogP contribution in [0.4, 0.5) is 0 Å². The number of hydrogen-bond acceptors (Lipinski definition) is 2. The van der Waals surface area contributed by atoms with E-state index in [2.05, 4.69) is 23.4 Å². The first-order valence-electron chi connectivity index (χ1n) is 7.02. The third-order valence-corrected chi connectivity index (χ3v) is 3.84. The number of nitrogens with one attached hydrogen (secondary N) is 1. The van der Waals surface area contributed by atoms with Gasteiger partial charge >= 0.3 is 0 Å². The maximum Gasteiger partial charge on any atom is 0.0793 e. The van der Waals surface area contributed by atoms with Gasteiger partial charge in [0.2, 0.25) is 0 Å². The Bertz CT molecular complexity index is 326. The standard InChI is InChI=1S/C14H25N3/c1-3-15-14(13-9-10-17(2)16-13)11-12-7-5-4-6-8-12/h9-10,12,14-15H,3-8,11H2,1-2H3. The topological polar surface area (TPSA) is 29.9 Å². The summed E-state index contributed by atoms with van der Waals surface area (Å²) in [4.78, 5) is 0. The van der Waals surface area contributed by atoms with E-state index in [1.807, 2.05) is 17.9 Å². The van der Waals surface area contributed by atoms with Crippen LogP contribution >= 0.6 is 0 Å². The van der Waals surface area contributed by atoms with E-state index in [1.165, 1.54) is 44.2 Å². The van der Waals surface area contributed by atoms with Crippen LogP contribution in [0.2, 0.25) is 0 Å². The van der Waals surface area contributed by atoms with Gasteiger partial charge in [0, 0.05) is 13.2 Å². The lowest BCUT2D eigenvalue weighted by Gasteiger charge is -2.26. The molecule has 1 heterocycles. The fourth-order valence-corrected chi connectivity index (χ4v) is 2.93. The van der Waals surface area contributed by atoms with Crippen LogP contribution in [-0.2, 0) is 7.05 Å². The average molecular weight is 235 g/mol. The molecular weight excluding hydrogens is 210 g/mol. The highest BCUT2D eigenvalue weighted by Crippen LogP contribution is 2.31. The smallest absolute Gasteiger partial charge is 0.0793 e. The van der Waals surface area contributed by atoms with Crippen LogP contribution in [0.15, 0.2) is 12.3 Å². The van der Waals surface area contributed by atoms with Crippen LogP contribution in [0.5, 0.6) is 0 Å². The van der Waals surface area contributed by atoms with Gasteiger partial charge in [-0.15, -0.1) is 0 Å². The molecule has 0 saturated heterocycles. The Labute approximate surface area is 105 Å². The monoisotopic (exact) mass is 235 g/mol. The minimum Gasteiger partial charge on any atom is -0.309 e. The van der Waals surface area contributed by atoms with Crippen molar-refractivity contribution in [1.29, 1.82) is 0 Å². The summed E-state index contributed by atoms with van der Waals surface area (Å²) in [7, 11) is 1.99. The molecule has 0 amide bonds. The SMILES string of the molecule is CCNC(CC1CCCCC1)c1ccn(C)n1. The molecule has 0 aliphatic heterocycles. The molecule has 3 nitrogen and oxygen atoms in total. The van der Waals surface area contributed by atoms with Crippen LogP contribution in [0, 0.1) is 5.92 Å². The van der Waals surface area contributed by atoms with Gasteiger partial charge in [0.1, 0.15) is 0 Å². The van der Waals surface area contributed by atoms with Crippen LogP contribution in [0.25, 0.3) is 0 Å². The molecule has 1 aromatic heterocycles. The van der Waals surface area contributed by atoms with Crippen molar-refractivity contribution in [3.05, 3.63) is 18.0 Å². The molecule has 1 saturated carbocycles. The van der Waals surface area contributed by atoms with Gasteiger partial charge in [-0.25, -0.2) is 0 Å². The van der Waals surface area contributed by atoms with Gasteiger partial charge in [-0.05, 0) is 24.9 Å². The lowest BCUT2D eigenvalue weighted by molar-refractivity contribution is 0.298. The number of hydrogen-bond donors (Lipinski definition) is 1. The molecule has 1 unspecified atom stereocenters. The third-order valence-electron chi connectivity index (χ3n) is 3.84. The molecule has 96 valence electrons. The summed E-state index contributed by atoms with van der Waals surface area (Å²) in [5, 5.41) is 8.13. The minimum atomic E-state index is 0.448. The van der Waals surface area contributed by atoms with E-state index < -0.39 is 0 Å². The molecule has 0 bridgehead atoms. The highest BCUT2D eigenvalue weighted by atomic mass is 15.3. The second-order valence-corrected chi connectivity index (χ2v) is 5.26. The summed E-state index contributed by atoms with van der Waals surface area (Å²) in [5.74, 6) is 0.898. The molecule has 1 aliphatic rings.